The lowest BCUT2D eigenvalue weighted by molar-refractivity contribution is -0.121. The van der Waals surface area contributed by atoms with E-state index < -0.39 is 0 Å². The number of hydrogen-bond acceptors (Lipinski definition) is 3. The van der Waals surface area contributed by atoms with E-state index in [0.29, 0.717) is 13.0 Å². The molecule has 0 aliphatic rings. The second kappa shape index (κ2) is 8.71. The summed E-state index contributed by atoms with van der Waals surface area (Å²) in [6.45, 7) is 2.88. The highest BCUT2D eigenvalue weighted by Crippen LogP contribution is 2.26. The van der Waals surface area contributed by atoms with Gasteiger partial charge in [0, 0.05) is 17.8 Å². The van der Waals surface area contributed by atoms with Crippen molar-refractivity contribution in [3.8, 4) is 0 Å². The molecule has 0 spiro atoms. The van der Waals surface area contributed by atoms with Crippen LogP contribution in [0.5, 0.6) is 0 Å². The maximum Gasteiger partial charge on any atom is 0.222 e. The first-order valence-electron chi connectivity index (χ1n) is 7.80. The van der Waals surface area contributed by atoms with Gasteiger partial charge in [-0.25, -0.2) is 0 Å². The van der Waals surface area contributed by atoms with Gasteiger partial charge in [-0.05, 0) is 36.0 Å². The number of rotatable bonds is 8. The average Bonchev–Trinajstić information content (AvgIpc) is 3.06. The largest absolute Gasteiger partial charge is 0.344 e. The lowest BCUT2D eigenvalue weighted by atomic mass is 10.0. The average molecular weight is 316 g/mol. The minimum absolute atomic E-state index is 0.0555. The van der Waals surface area contributed by atoms with Gasteiger partial charge in [-0.2, -0.15) is 0 Å². The summed E-state index contributed by atoms with van der Waals surface area (Å²) in [5.74, 6) is 0.0744. The van der Waals surface area contributed by atoms with E-state index in [1.165, 1.54) is 10.4 Å². The molecule has 1 heterocycles. The van der Waals surface area contributed by atoms with Crippen molar-refractivity contribution in [3.05, 3.63) is 57.8 Å². The molecule has 22 heavy (non-hydrogen) atoms. The third kappa shape index (κ3) is 4.68. The summed E-state index contributed by atoms with van der Waals surface area (Å²) in [4.78, 5) is 13.3. The molecule has 118 valence electrons. The molecule has 3 nitrogen and oxygen atoms in total. The third-order valence-electron chi connectivity index (χ3n) is 3.59. The number of thiophene rings is 1. The standard InChI is InChI=1S/C18H24N2OS/c1-3-5-14-7-9-15(10-8-14)18(16-6-4-13-22-16)20-17(21)11-12-19-2/h4,6-10,13,18-19H,3,5,11-12H2,1-2H3,(H,20,21). The fourth-order valence-corrected chi connectivity index (χ4v) is 3.21. The molecular formula is C18H24N2OS. The maximum absolute atomic E-state index is 12.1. The van der Waals surface area contributed by atoms with Crippen molar-refractivity contribution in [1.29, 1.82) is 0 Å². The van der Waals surface area contributed by atoms with Gasteiger partial charge in [-0.1, -0.05) is 43.7 Å². The number of carbonyl (C=O) groups is 1. The predicted molar refractivity (Wildman–Crippen MR) is 93.3 cm³/mol. The van der Waals surface area contributed by atoms with E-state index in [1.807, 2.05) is 18.5 Å². The Kier molecular flexibility index (Phi) is 6.62. The van der Waals surface area contributed by atoms with E-state index >= 15 is 0 Å². The molecule has 2 rings (SSSR count). The van der Waals surface area contributed by atoms with Crippen LogP contribution in [0.4, 0.5) is 0 Å². The molecule has 2 aromatic rings. The summed E-state index contributed by atoms with van der Waals surface area (Å²) >= 11 is 1.68. The number of hydrogen-bond donors (Lipinski definition) is 2. The smallest absolute Gasteiger partial charge is 0.222 e. The second-order valence-electron chi connectivity index (χ2n) is 5.36. The monoisotopic (exact) mass is 316 g/mol. The van der Waals surface area contributed by atoms with E-state index in [0.717, 1.165) is 18.4 Å². The fourth-order valence-electron chi connectivity index (χ4n) is 2.41. The molecular weight excluding hydrogens is 292 g/mol. The normalized spacial score (nSPS) is 12.1. The van der Waals surface area contributed by atoms with Gasteiger partial charge in [0.2, 0.25) is 5.91 Å². The molecule has 1 aromatic heterocycles. The highest BCUT2D eigenvalue weighted by atomic mass is 32.1. The minimum atomic E-state index is -0.0555. The predicted octanol–water partition coefficient (Wildman–Crippen LogP) is 3.52. The van der Waals surface area contributed by atoms with Gasteiger partial charge >= 0.3 is 0 Å². The molecule has 1 amide bonds. The molecule has 2 N–H and O–H groups in total. The quantitative estimate of drug-likeness (QED) is 0.782. The summed E-state index contributed by atoms with van der Waals surface area (Å²) in [6, 6.07) is 12.6. The first-order chi connectivity index (χ1) is 10.7. The second-order valence-corrected chi connectivity index (χ2v) is 6.34. The topological polar surface area (TPSA) is 41.1 Å². The Balaban J connectivity index is 2.15. The molecule has 0 aliphatic heterocycles. The number of nitrogens with one attached hydrogen (secondary N) is 2. The van der Waals surface area contributed by atoms with E-state index in [1.54, 1.807) is 11.3 Å². The first-order valence-corrected chi connectivity index (χ1v) is 8.68. The summed E-state index contributed by atoms with van der Waals surface area (Å²) < 4.78 is 0. The van der Waals surface area contributed by atoms with Crippen LogP contribution < -0.4 is 10.6 Å². The van der Waals surface area contributed by atoms with Crippen molar-refractivity contribution in [3.63, 3.8) is 0 Å². The van der Waals surface area contributed by atoms with Crippen LogP contribution >= 0.6 is 11.3 Å². The molecule has 1 atom stereocenters. The van der Waals surface area contributed by atoms with Crippen LogP contribution in [-0.2, 0) is 11.2 Å². The highest BCUT2D eigenvalue weighted by molar-refractivity contribution is 7.10. The van der Waals surface area contributed by atoms with Gasteiger partial charge in [0.15, 0.2) is 0 Å². The molecule has 0 aliphatic carbocycles. The van der Waals surface area contributed by atoms with Crippen molar-refractivity contribution in [1.82, 2.24) is 10.6 Å². The molecule has 1 aromatic carbocycles. The molecule has 0 saturated carbocycles. The van der Waals surface area contributed by atoms with Crippen LogP contribution in [0, 0.1) is 0 Å². The SMILES string of the molecule is CCCc1ccc(C(NC(=O)CCNC)c2cccs2)cc1. The van der Waals surface area contributed by atoms with E-state index in [-0.39, 0.29) is 11.9 Å². The highest BCUT2D eigenvalue weighted by Gasteiger charge is 2.17. The lowest BCUT2D eigenvalue weighted by Gasteiger charge is -2.18. The van der Waals surface area contributed by atoms with Gasteiger partial charge < -0.3 is 10.6 Å². The number of benzene rings is 1. The Morgan fingerprint density at radius 3 is 2.59 bits per heavy atom. The molecule has 0 saturated heterocycles. The van der Waals surface area contributed by atoms with Crippen LogP contribution in [0.25, 0.3) is 0 Å². The molecule has 0 fully saturated rings. The molecule has 4 heteroatoms. The summed E-state index contributed by atoms with van der Waals surface area (Å²) in [6.07, 6.45) is 2.74. The van der Waals surface area contributed by atoms with Crippen LogP contribution in [0.1, 0.15) is 41.8 Å². The zero-order chi connectivity index (χ0) is 15.8. The fraction of sp³-hybridized carbons (Fsp3) is 0.389. The summed E-state index contributed by atoms with van der Waals surface area (Å²) in [5, 5.41) is 8.21. The zero-order valence-corrected chi connectivity index (χ0v) is 14.1. The molecule has 0 bridgehead atoms. The van der Waals surface area contributed by atoms with E-state index in [9.17, 15) is 4.79 Å². The molecule has 1 unspecified atom stereocenters. The van der Waals surface area contributed by atoms with Gasteiger partial charge in [0.1, 0.15) is 0 Å². The number of carbonyl (C=O) groups excluding carboxylic acids is 1. The Morgan fingerprint density at radius 2 is 2.00 bits per heavy atom. The maximum atomic E-state index is 12.1. The van der Waals surface area contributed by atoms with Gasteiger partial charge in [-0.3, -0.25) is 4.79 Å². The zero-order valence-electron chi connectivity index (χ0n) is 13.3. The first kappa shape index (κ1) is 16.7. The minimum Gasteiger partial charge on any atom is -0.344 e. The van der Waals surface area contributed by atoms with Gasteiger partial charge in [0.05, 0.1) is 6.04 Å². The van der Waals surface area contributed by atoms with Crippen LogP contribution in [0.15, 0.2) is 41.8 Å². The van der Waals surface area contributed by atoms with Crippen LogP contribution in [0.3, 0.4) is 0 Å². The summed E-state index contributed by atoms with van der Waals surface area (Å²) in [7, 11) is 1.86. The Bertz CT molecular complexity index is 563. The van der Waals surface area contributed by atoms with Crippen molar-refractivity contribution in [2.45, 2.75) is 32.2 Å². The Morgan fingerprint density at radius 1 is 1.23 bits per heavy atom. The number of amides is 1. The van der Waals surface area contributed by atoms with Crippen molar-refractivity contribution >= 4 is 17.2 Å². The van der Waals surface area contributed by atoms with Crippen molar-refractivity contribution in [2.24, 2.45) is 0 Å². The summed E-state index contributed by atoms with van der Waals surface area (Å²) in [5.41, 5.74) is 2.48. The van der Waals surface area contributed by atoms with Gasteiger partial charge in [0.25, 0.3) is 0 Å². The van der Waals surface area contributed by atoms with E-state index in [4.69, 9.17) is 0 Å². The van der Waals surface area contributed by atoms with Crippen molar-refractivity contribution < 1.29 is 4.79 Å². The molecule has 0 radical (unpaired) electrons. The third-order valence-corrected chi connectivity index (χ3v) is 4.52. The van der Waals surface area contributed by atoms with Crippen molar-refractivity contribution in [2.75, 3.05) is 13.6 Å². The Hall–Kier alpha value is -1.65. The van der Waals surface area contributed by atoms with Gasteiger partial charge in [-0.15, -0.1) is 11.3 Å². The van der Waals surface area contributed by atoms with E-state index in [2.05, 4.69) is 47.9 Å². The number of aryl methyl sites for hydroxylation is 1. The van der Waals surface area contributed by atoms with Crippen LogP contribution in [0.2, 0.25) is 0 Å². The Labute approximate surface area is 136 Å². The lowest BCUT2D eigenvalue weighted by Crippen LogP contribution is -2.30. The van der Waals surface area contributed by atoms with Crippen LogP contribution in [-0.4, -0.2) is 19.5 Å².